The Hall–Kier alpha value is -2.40. The summed E-state index contributed by atoms with van der Waals surface area (Å²) < 4.78 is 35.0. The topological polar surface area (TPSA) is 134 Å². The van der Waals surface area contributed by atoms with Crippen molar-refractivity contribution in [1.82, 2.24) is 4.72 Å². The number of benzene rings is 1. The average Bonchev–Trinajstić information content (AvgIpc) is 3.46. The zero-order chi connectivity index (χ0) is 27.2. The normalized spacial score (nSPS) is 25.4. The predicted molar refractivity (Wildman–Crippen MR) is 145 cm³/mol. The number of halogens is 1. The minimum Gasteiger partial charge on any atom is -0.504 e. The Morgan fingerprint density at radius 2 is 1.84 bits per heavy atom. The van der Waals surface area contributed by atoms with E-state index in [4.69, 9.17) is 16.3 Å². The Morgan fingerprint density at radius 1 is 1.19 bits per heavy atom. The van der Waals surface area contributed by atoms with Crippen molar-refractivity contribution in [2.24, 2.45) is 0 Å². The first-order chi connectivity index (χ1) is 17.3. The van der Waals surface area contributed by atoms with Gasteiger partial charge in [-0.3, -0.25) is 9.59 Å². The molecule has 0 amide bonds. The first kappa shape index (κ1) is 27.6. The lowest BCUT2D eigenvalue weighted by molar-refractivity contribution is -0.0701. The second-order valence-corrected chi connectivity index (χ2v) is 12.5. The Kier molecular flexibility index (Phi) is 7.51. The van der Waals surface area contributed by atoms with Crippen LogP contribution >= 0.6 is 11.6 Å². The minimum atomic E-state index is -4.13. The first-order valence-corrected chi connectivity index (χ1v) is 14.4. The van der Waals surface area contributed by atoms with Gasteiger partial charge < -0.3 is 20.5 Å². The fourth-order valence-electron chi connectivity index (χ4n) is 5.39. The highest BCUT2D eigenvalue weighted by atomic mass is 35.5. The second kappa shape index (κ2) is 10.1. The molecule has 0 bridgehead atoms. The lowest BCUT2D eigenvalue weighted by Gasteiger charge is -2.37. The number of nitrogens with one attached hydrogen (secondary N) is 3. The third-order valence-electron chi connectivity index (χ3n) is 7.68. The summed E-state index contributed by atoms with van der Waals surface area (Å²) in [5.41, 5.74) is -2.60. The molecule has 0 aromatic heterocycles. The Labute approximate surface area is 222 Å². The zero-order valence-electron chi connectivity index (χ0n) is 21.3. The molecule has 4 N–H and O–H groups in total. The number of sulfonamides is 1. The lowest BCUT2D eigenvalue weighted by Crippen LogP contribution is -2.48. The SMILES string of the molecule is C=C[C@@]1(C)CC[C@](C)([C@@H](CC)Nc2c(Nc3ccc(Cl)c(S(=O)(=O)NC4CCCC4)c3O)c(=O)c2=O)O1. The van der Waals surface area contributed by atoms with Crippen molar-refractivity contribution in [1.29, 1.82) is 0 Å². The summed E-state index contributed by atoms with van der Waals surface area (Å²) in [5.74, 6) is -0.628. The van der Waals surface area contributed by atoms with Gasteiger partial charge in [-0.1, -0.05) is 37.4 Å². The van der Waals surface area contributed by atoms with Crippen LogP contribution in [0.5, 0.6) is 5.75 Å². The van der Waals surface area contributed by atoms with Crippen molar-refractivity contribution in [3.63, 3.8) is 0 Å². The van der Waals surface area contributed by atoms with E-state index in [9.17, 15) is 23.1 Å². The van der Waals surface area contributed by atoms with Gasteiger partial charge in [0.1, 0.15) is 16.3 Å². The first-order valence-electron chi connectivity index (χ1n) is 12.6. The molecule has 2 fully saturated rings. The van der Waals surface area contributed by atoms with Gasteiger partial charge in [-0.15, -0.1) is 6.58 Å². The maximum atomic E-state index is 13.0. The smallest absolute Gasteiger partial charge is 0.253 e. The highest BCUT2D eigenvalue weighted by molar-refractivity contribution is 7.89. The highest BCUT2D eigenvalue weighted by Crippen LogP contribution is 2.43. The molecule has 9 nitrogen and oxygen atoms in total. The zero-order valence-corrected chi connectivity index (χ0v) is 22.9. The fraction of sp³-hybridized carbons (Fsp3) is 0.538. The number of phenols is 1. The van der Waals surface area contributed by atoms with E-state index in [1.807, 2.05) is 20.8 Å². The molecule has 0 unspecified atom stereocenters. The van der Waals surface area contributed by atoms with Gasteiger partial charge in [-0.05, 0) is 58.1 Å². The summed E-state index contributed by atoms with van der Waals surface area (Å²) in [5, 5.41) is 16.7. The molecular formula is C26H34ClN3O6S. The number of aromatic hydroxyl groups is 1. The van der Waals surface area contributed by atoms with Crippen LogP contribution in [0.1, 0.15) is 65.7 Å². The molecule has 0 spiro atoms. The van der Waals surface area contributed by atoms with Crippen molar-refractivity contribution < 1.29 is 18.3 Å². The summed E-state index contributed by atoms with van der Waals surface area (Å²) >= 11 is 6.17. The lowest BCUT2D eigenvalue weighted by atomic mass is 9.89. The quantitative estimate of drug-likeness (QED) is 0.195. The van der Waals surface area contributed by atoms with Gasteiger partial charge in [0.15, 0.2) is 5.75 Å². The van der Waals surface area contributed by atoms with Crippen molar-refractivity contribution in [2.45, 2.75) is 93.9 Å². The van der Waals surface area contributed by atoms with Gasteiger partial charge in [-0.2, -0.15) is 0 Å². The number of ether oxygens (including phenoxy) is 1. The number of hydrogen-bond acceptors (Lipinski definition) is 8. The summed E-state index contributed by atoms with van der Waals surface area (Å²) in [6.07, 6.45) is 7.14. The minimum absolute atomic E-state index is 0.0537. The van der Waals surface area contributed by atoms with Crippen LogP contribution in [-0.2, 0) is 14.8 Å². The molecule has 3 atom stereocenters. The van der Waals surface area contributed by atoms with Gasteiger partial charge in [0.2, 0.25) is 10.0 Å². The molecule has 4 rings (SSSR count). The molecular weight excluding hydrogens is 518 g/mol. The molecule has 0 radical (unpaired) electrons. The number of anilines is 3. The van der Waals surface area contributed by atoms with Crippen molar-refractivity contribution in [2.75, 3.05) is 10.6 Å². The van der Waals surface area contributed by atoms with Gasteiger partial charge in [0.05, 0.1) is 28.0 Å². The van der Waals surface area contributed by atoms with E-state index in [1.54, 1.807) is 6.08 Å². The third-order valence-corrected chi connectivity index (χ3v) is 9.70. The molecule has 2 aromatic carbocycles. The van der Waals surface area contributed by atoms with E-state index in [-0.39, 0.29) is 34.2 Å². The Bertz CT molecular complexity index is 1380. The van der Waals surface area contributed by atoms with E-state index >= 15 is 0 Å². The summed E-state index contributed by atoms with van der Waals surface area (Å²) in [4.78, 5) is 24.5. The van der Waals surface area contributed by atoms with Crippen LogP contribution in [0.15, 0.2) is 39.3 Å². The third kappa shape index (κ3) is 5.16. The molecule has 2 aromatic rings. The number of phenolic OH excluding ortho intramolecular Hbond substituents is 1. The van der Waals surface area contributed by atoms with Crippen LogP contribution in [0.25, 0.3) is 0 Å². The van der Waals surface area contributed by atoms with E-state index in [1.165, 1.54) is 12.1 Å². The van der Waals surface area contributed by atoms with E-state index in [2.05, 4.69) is 21.9 Å². The Morgan fingerprint density at radius 3 is 2.43 bits per heavy atom. The molecule has 1 saturated carbocycles. The highest BCUT2D eigenvalue weighted by Gasteiger charge is 2.47. The van der Waals surface area contributed by atoms with Crippen molar-refractivity contribution in [3.8, 4) is 5.75 Å². The number of hydrogen-bond donors (Lipinski definition) is 4. The van der Waals surface area contributed by atoms with Crippen LogP contribution in [-0.4, -0.2) is 36.8 Å². The van der Waals surface area contributed by atoms with Crippen LogP contribution in [0.4, 0.5) is 17.1 Å². The van der Waals surface area contributed by atoms with Crippen LogP contribution in [0.2, 0.25) is 5.02 Å². The fourth-order valence-corrected chi connectivity index (χ4v) is 7.33. The monoisotopic (exact) mass is 551 g/mol. The van der Waals surface area contributed by atoms with Crippen LogP contribution in [0.3, 0.4) is 0 Å². The Balaban J connectivity index is 1.61. The maximum Gasteiger partial charge on any atom is 0.253 e. The molecule has 1 aliphatic heterocycles. The molecule has 1 aliphatic carbocycles. The van der Waals surface area contributed by atoms with Crippen LogP contribution in [0, 0.1) is 0 Å². The summed E-state index contributed by atoms with van der Waals surface area (Å²) in [7, 11) is -4.13. The van der Waals surface area contributed by atoms with Gasteiger partial charge in [-0.25, -0.2) is 13.1 Å². The predicted octanol–water partition coefficient (Wildman–Crippen LogP) is 4.31. The van der Waals surface area contributed by atoms with E-state index < -0.39 is 42.7 Å². The number of rotatable bonds is 10. The molecule has 11 heteroatoms. The van der Waals surface area contributed by atoms with Gasteiger partial charge >= 0.3 is 0 Å². The van der Waals surface area contributed by atoms with Crippen molar-refractivity contribution >= 4 is 38.7 Å². The summed E-state index contributed by atoms with van der Waals surface area (Å²) in [6, 6.07) is 2.17. The molecule has 2 aliphatic rings. The van der Waals surface area contributed by atoms with E-state index in [0.29, 0.717) is 19.3 Å². The van der Waals surface area contributed by atoms with Gasteiger partial charge in [0.25, 0.3) is 10.9 Å². The van der Waals surface area contributed by atoms with E-state index in [0.717, 1.165) is 25.7 Å². The molecule has 202 valence electrons. The molecule has 1 heterocycles. The molecule has 37 heavy (non-hydrogen) atoms. The van der Waals surface area contributed by atoms with Gasteiger partial charge in [0, 0.05) is 6.04 Å². The average molecular weight is 552 g/mol. The standard InChI is InChI=1S/C26H34ClN3O6S/c1-5-18(26(4)14-13-25(3,6-2)36-26)29-20-19(22(32)23(20)33)28-17-12-11-16(27)24(21(17)31)37(34,35)30-15-9-7-8-10-15/h6,11-12,15,18,28-31H,2,5,7-10,13-14H2,1,3-4H3/t18-,25+,26-/m1/s1. The second-order valence-electron chi connectivity index (χ2n) is 10.4. The molecule has 1 saturated heterocycles. The van der Waals surface area contributed by atoms with Crippen molar-refractivity contribution in [3.05, 3.63) is 50.3 Å². The summed E-state index contributed by atoms with van der Waals surface area (Å²) in [6.45, 7) is 9.73. The maximum absolute atomic E-state index is 13.0. The largest absolute Gasteiger partial charge is 0.504 e. The van der Waals surface area contributed by atoms with Crippen LogP contribution < -0.4 is 26.2 Å².